The van der Waals surface area contributed by atoms with Crippen LogP contribution in [0.4, 0.5) is 0 Å². The first-order valence-electron chi connectivity index (χ1n) is 18.4. The Bertz CT molecular complexity index is 1850. The Hall–Kier alpha value is -5.06. The lowest BCUT2D eigenvalue weighted by atomic mass is 9.98. The van der Waals surface area contributed by atoms with Gasteiger partial charge in [-0.2, -0.15) is 0 Å². The summed E-state index contributed by atoms with van der Waals surface area (Å²) in [6, 6.07) is 23.7. The van der Waals surface area contributed by atoms with Crippen LogP contribution in [-0.2, 0) is 0 Å². The van der Waals surface area contributed by atoms with E-state index < -0.39 is 0 Å². The minimum Gasteiger partial charge on any atom is -0.496 e. The molecule has 10 heteroatoms. The third-order valence-electron chi connectivity index (χ3n) is 10.7. The van der Waals surface area contributed by atoms with E-state index in [0.717, 1.165) is 97.9 Å². The fourth-order valence-electron chi connectivity index (χ4n) is 7.30. The second-order valence-corrected chi connectivity index (χ2v) is 13.8. The summed E-state index contributed by atoms with van der Waals surface area (Å²) in [4.78, 5) is 35.5. The summed E-state index contributed by atoms with van der Waals surface area (Å²) in [6.07, 6.45) is 1.06. The highest BCUT2D eigenvalue weighted by Gasteiger charge is 2.25. The molecule has 2 saturated heterocycles. The molecule has 0 spiro atoms. The number of rotatable bonds is 12. The first-order chi connectivity index (χ1) is 25.7. The number of methoxy groups -OCH3 is 4. The first-order valence-corrected chi connectivity index (χ1v) is 18.4. The summed E-state index contributed by atoms with van der Waals surface area (Å²) >= 11 is 0. The topological polar surface area (TPSA) is 84.0 Å². The van der Waals surface area contributed by atoms with E-state index in [1.807, 2.05) is 70.5 Å². The zero-order chi connectivity index (χ0) is 37.5. The molecule has 6 rings (SSSR count). The number of carbonyl (C=O) groups is 2. The SMILES string of the molecule is COc1cc(-c2ccc(C(=O)N3CCN(CCCN4CCN(C(=O)c5ccc(-c6cc(OC)c(OC)c(OC)c6)cc5)CC4)CC3)cc2)cc(C)c1C. The van der Waals surface area contributed by atoms with E-state index in [4.69, 9.17) is 18.9 Å². The van der Waals surface area contributed by atoms with Crippen LogP contribution in [0.5, 0.6) is 23.0 Å². The molecular formula is C43H52N4O6. The zero-order valence-corrected chi connectivity index (χ0v) is 31.9. The number of piperazine rings is 2. The van der Waals surface area contributed by atoms with Crippen LogP contribution in [0.3, 0.4) is 0 Å². The second kappa shape index (κ2) is 17.2. The van der Waals surface area contributed by atoms with Crippen molar-refractivity contribution in [3.8, 4) is 45.3 Å². The van der Waals surface area contributed by atoms with Crippen LogP contribution in [0, 0.1) is 13.8 Å². The van der Waals surface area contributed by atoms with Gasteiger partial charge in [0, 0.05) is 63.5 Å². The van der Waals surface area contributed by atoms with Crippen molar-refractivity contribution in [2.45, 2.75) is 20.3 Å². The number of nitrogens with zero attached hydrogens (tertiary/aromatic N) is 4. The Morgan fingerprint density at radius 2 is 0.906 bits per heavy atom. The maximum Gasteiger partial charge on any atom is 0.253 e. The van der Waals surface area contributed by atoms with Gasteiger partial charge in [-0.05, 0) is 109 Å². The van der Waals surface area contributed by atoms with Gasteiger partial charge in [-0.1, -0.05) is 30.3 Å². The molecule has 2 aliphatic rings. The molecule has 0 bridgehead atoms. The van der Waals surface area contributed by atoms with Crippen LogP contribution >= 0.6 is 0 Å². The van der Waals surface area contributed by atoms with Crippen molar-refractivity contribution in [2.75, 3.05) is 93.9 Å². The third-order valence-corrected chi connectivity index (χ3v) is 10.7. The van der Waals surface area contributed by atoms with Gasteiger partial charge in [-0.15, -0.1) is 0 Å². The number of benzene rings is 4. The molecule has 0 aliphatic carbocycles. The molecule has 0 saturated carbocycles. The lowest BCUT2D eigenvalue weighted by Crippen LogP contribution is -2.50. The Morgan fingerprint density at radius 1 is 0.509 bits per heavy atom. The summed E-state index contributed by atoms with van der Waals surface area (Å²) in [5, 5.41) is 0. The second-order valence-electron chi connectivity index (χ2n) is 13.8. The van der Waals surface area contributed by atoms with E-state index in [2.05, 4.69) is 35.8 Å². The van der Waals surface area contributed by atoms with Gasteiger partial charge in [0.25, 0.3) is 11.8 Å². The summed E-state index contributed by atoms with van der Waals surface area (Å²) in [7, 11) is 6.48. The minimum absolute atomic E-state index is 0.0615. The Balaban J connectivity index is 0.915. The molecule has 0 N–H and O–H groups in total. The van der Waals surface area contributed by atoms with E-state index in [-0.39, 0.29) is 11.8 Å². The maximum absolute atomic E-state index is 13.4. The normalized spacial score (nSPS) is 15.3. The smallest absolute Gasteiger partial charge is 0.253 e. The molecule has 0 aromatic heterocycles. The monoisotopic (exact) mass is 720 g/mol. The van der Waals surface area contributed by atoms with Gasteiger partial charge in [0.05, 0.1) is 28.4 Å². The summed E-state index contributed by atoms with van der Waals surface area (Å²) in [5.74, 6) is 2.75. The van der Waals surface area contributed by atoms with Crippen molar-refractivity contribution in [3.63, 3.8) is 0 Å². The van der Waals surface area contributed by atoms with Gasteiger partial charge in [-0.3, -0.25) is 19.4 Å². The Morgan fingerprint density at radius 3 is 1.30 bits per heavy atom. The van der Waals surface area contributed by atoms with E-state index >= 15 is 0 Å². The van der Waals surface area contributed by atoms with Crippen molar-refractivity contribution in [3.05, 3.63) is 95.1 Å². The zero-order valence-electron chi connectivity index (χ0n) is 31.9. The van der Waals surface area contributed by atoms with Gasteiger partial charge in [-0.25, -0.2) is 0 Å². The number of hydrogen-bond acceptors (Lipinski definition) is 8. The van der Waals surface area contributed by atoms with Gasteiger partial charge in [0.15, 0.2) is 11.5 Å². The fourth-order valence-corrected chi connectivity index (χ4v) is 7.30. The molecule has 10 nitrogen and oxygen atoms in total. The molecule has 4 aromatic carbocycles. The highest BCUT2D eigenvalue weighted by Crippen LogP contribution is 2.41. The van der Waals surface area contributed by atoms with Gasteiger partial charge >= 0.3 is 0 Å². The lowest BCUT2D eigenvalue weighted by Gasteiger charge is -2.37. The first kappa shape index (κ1) is 37.7. The molecule has 2 heterocycles. The Kier molecular flexibility index (Phi) is 12.2. The van der Waals surface area contributed by atoms with E-state index in [1.54, 1.807) is 28.4 Å². The van der Waals surface area contributed by atoms with Crippen LogP contribution in [0.1, 0.15) is 38.3 Å². The number of carbonyl (C=O) groups excluding carboxylic acids is 2. The lowest BCUT2D eigenvalue weighted by molar-refractivity contribution is 0.0606. The molecule has 0 atom stereocenters. The van der Waals surface area contributed by atoms with Gasteiger partial charge in [0.2, 0.25) is 5.75 Å². The van der Waals surface area contributed by atoms with Gasteiger partial charge < -0.3 is 28.7 Å². The minimum atomic E-state index is 0.0615. The summed E-state index contributed by atoms with van der Waals surface area (Å²) in [5.41, 5.74) is 7.76. The molecule has 53 heavy (non-hydrogen) atoms. The van der Waals surface area contributed by atoms with Crippen LogP contribution in [0.15, 0.2) is 72.8 Å². The van der Waals surface area contributed by atoms with Crippen molar-refractivity contribution in [1.82, 2.24) is 19.6 Å². The van der Waals surface area contributed by atoms with Crippen LogP contribution in [-0.4, -0.2) is 125 Å². The predicted octanol–water partition coefficient (Wildman–Crippen LogP) is 6.28. The molecular weight excluding hydrogens is 668 g/mol. The highest BCUT2D eigenvalue weighted by atomic mass is 16.5. The molecule has 2 aliphatic heterocycles. The maximum atomic E-state index is 13.4. The standard InChI is InChI=1S/C43H52N4O6/c1-30-26-36(27-38(50-3)31(30)2)32-8-12-34(13-9-32)42(48)46-22-18-44(19-23-46)16-7-17-45-20-24-47(25-21-45)43(49)35-14-10-33(11-15-35)37-28-39(51-4)41(53-6)40(29-37)52-5/h8-15,26-29H,7,16-25H2,1-6H3. The van der Waals surface area contributed by atoms with Gasteiger partial charge in [0.1, 0.15) is 5.75 Å². The van der Waals surface area contributed by atoms with Crippen molar-refractivity contribution >= 4 is 11.8 Å². The van der Waals surface area contributed by atoms with Crippen LogP contribution in [0.25, 0.3) is 22.3 Å². The van der Waals surface area contributed by atoms with Crippen LogP contribution < -0.4 is 18.9 Å². The highest BCUT2D eigenvalue weighted by molar-refractivity contribution is 5.95. The predicted molar refractivity (Wildman–Crippen MR) is 209 cm³/mol. The van der Waals surface area contributed by atoms with E-state index in [0.29, 0.717) is 35.9 Å². The quantitative estimate of drug-likeness (QED) is 0.169. The average Bonchev–Trinajstić information content (AvgIpc) is 3.21. The van der Waals surface area contributed by atoms with E-state index in [9.17, 15) is 9.59 Å². The molecule has 0 unspecified atom stereocenters. The molecule has 2 amide bonds. The van der Waals surface area contributed by atoms with Crippen molar-refractivity contribution in [2.24, 2.45) is 0 Å². The Labute approximate surface area is 313 Å². The third kappa shape index (κ3) is 8.61. The molecule has 4 aromatic rings. The number of amides is 2. The molecule has 2 fully saturated rings. The van der Waals surface area contributed by atoms with Crippen molar-refractivity contribution < 1.29 is 28.5 Å². The number of aryl methyl sites for hydroxylation is 1. The number of ether oxygens (including phenoxy) is 4. The fraction of sp³-hybridized carbons (Fsp3) is 0.395. The average molecular weight is 721 g/mol. The van der Waals surface area contributed by atoms with E-state index in [1.165, 1.54) is 5.56 Å². The summed E-state index contributed by atoms with van der Waals surface area (Å²) < 4.78 is 22.0. The molecule has 0 radical (unpaired) electrons. The van der Waals surface area contributed by atoms with Crippen LogP contribution in [0.2, 0.25) is 0 Å². The summed E-state index contributed by atoms with van der Waals surface area (Å²) in [6.45, 7) is 12.6. The molecule has 280 valence electrons. The number of hydrogen-bond donors (Lipinski definition) is 0. The van der Waals surface area contributed by atoms with Crippen molar-refractivity contribution in [1.29, 1.82) is 0 Å². The largest absolute Gasteiger partial charge is 0.496 e.